The van der Waals surface area contributed by atoms with Gasteiger partial charge in [0.15, 0.2) is 0 Å². The number of aromatic nitrogens is 2. The summed E-state index contributed by atoms with van der Waals surface area (Å²) in [4.78, 5) is 10.3. The van der Waals surface area contributed by atoms with E-state index in [0.717, 1.165) is 56.1 Å². The molecule has 0 saturated carbocycles. The van der Waals surface area contributed by atoms with Crippen molar-refractivity contribution in [3.8, 4) is 5.82 Å². The number of nitrogens with zero attached hydrogens (tertiary/aromatic N) is 4. The van der Waals surface area contributed by atoms with Gasteiger partial charge in [0.25, 0.3) is 0 Å². The molecule has 0 amide bonds. The minimum Gasteiger partial charge on any atom is -0.321 e. The zero-order chi connectivity index (χ0) is 67.4. The maximum Gasteiger partial charge on any atom is 0.137 e. The van der Waals surface area contributed by atoms with Gasteiger partial charge in [-0.1, -0.05) is 312 Å². The summed E-state index contributed by atoms with van der Waals surface area (Å²) in [6, 6.07) is 133. The van der Waals surface area contributed by atoms with Crippen LogP contribution in [0.25, 0.3) is 27.6 Å². The summed E-state index contributed by atoms with van der Waals surface area (Å²) < 4.78 is 2.42. The normalized spacial score (nSPS) is 12.9. The van der Waals surface area contributed by atoms with Gasteiger partial charge in [0, 0.05) is 44.6 Å². The van der Waals surface area contributed by atoms with Gasteiger partial charge in [-0.05, 0) is 171 Å². The molecule has 0 radical (unpaired) electrons. The fourth-order valence-electron chi connectivity index (χ4n) is 16.2. The lowest BCUT2D eigenvalue weighted by Crippen LogP contribution is -2.32. The van der Waals surface area contributed by atoms with Crippen LogP contribution in [0, 0.1) is 0 Å². The van der Waals surface area contributed by atoms with Crippen molar-refractivity contribution in [2.75, 3.05) is 16.5 Å². The van der Waals surface area contributed by atoms with Gasteiger partial charge < -0.3 is 9.80 Å². The van der Waals surface area contributed by atoms with Crippen molar-refractivity contribution in [1.29, 1.82) is 0 Å². The van der Waals surface area contributed by atoms with Gasteiger partial charge in [-0.2, -0.15) is 0 Å². The molecule has 4 nitrogen and oxygen atoms in total. The third-order valence-electron chi connectivity index (χ3n) is 21.9. The zero-order valence-electron chi connectivity index (χ0n) is 57.1. The number of hydrogen-bond acceptors (Lipinski definition) is 3. The van der Waals surface area contributed by atoms with Crippen LogP contribution in [0.2, 0.25) is 0 Å². The number of hydrogen-bond donors (Lipinski definition) is 0. The summed E-state index contributed by atoms with van der Waals surface area (Å²) in [6.45, 7) is 14.6. The zero-order valence-corrected chi connectivity index (χ0v) is 57.1. The van der Waals surface area contributed by atoms with E-state index < -0.39 is 21.7 Å². The first kappa shape index (κ1) is 62.2. The maximum absolute atomic E-state index is 5.27. The van der Waals surface area contributed by atoms with E-state index in [0.29, 0.717) is 6.67 Å². The molecule has 0 spiro atoms. The minimum absolute atomic E-state index is 0.110. The van der Waals surface area contributed by atoms with E-state index in [9.17, 15) is 0 Å². The molecule has 4 heteroatoms. The number of anilines is 4. The molecule has 0 bridgehead atoms. The number of rotatable bonds is 16. The van der Waals surface area contributed by atoms with Gasteiger partial charge in [0.1, 0.15) is 12.5 Å². The predicted molar refractivity (Wildman–Crippen MR) is 413 cm³/mol. The minimum atomic E-state index is -0.820. The molecule has 0 aliphatic carbocycles. The first-order valence-corrected chi connectivity index (χ1v) is 34.8. The Kier molecular flexibility index (Phi) is 15.8. The van der Waals surface area contributed by atoms with Crippen LogP contribution in [0.3, 0.4) is 0 Å². The molecule has 1 aliphatic rings. The molecule has 16 rings (SSSR count). The molecule has 99 heavy (non-hydrogen) atoms. The van der Waals surface area contributed by atoms with E-state index in [2.05, 4.69) is 414 Å². The van der Waals surface area contributed by atoms with Crippen molar-refractivity contribution >= 4 is 44.6 Å². The molecule has 0 fully saturated rings. The number of para-hydroxylation sites is 2. The van der Waals surface area contributed by atoms with E-state index in [-0.39, 0.29) is 5.41 Å². The molecule has 2 aromatic heterocycles. The second-order valence-corrected chi connectivity index (χ2v) is 28.3. The van der Waals surface area contributed by atoms with Crippen LogP contribution in [-0.2, 0) is 27.1 Å². The largest absolute Gasteiger partial charge is 0.321 e. The molecule has 0 N–H and O–H groups in total. The van der Waals surface area contributed by atoms with E-state index in [1.54, 1.807) is 0 Å². The Balaban J connectivity index is 0.899. The lowest BCUT2D eigenvalue weighted by atomic mass is 9.65. The Bertz CT molecular complexity index is 5090. The lowest BCUT2D eigenvalue weighted by molar-refractivity contribution is 0.588. The topological polar surface area (TPSA) is 24.3 Å². The van der Waals surface area contributed by atoms with Gasteiger partial charge in [-0.3, -0.25) is 4.57 Å². The second-order valence-electron chi connectivity index (χ2n) is 28.3. The molecular weight excluding hydrogens is 1200 g/mol. The van der Waals surface area contributed by atoms with E-state index >= 15 is 0 Å². The molecule has 0 unspecified atom stereocenters. The van der Waals surface area contributed by atoms with Crippen LogP contribution in [-0.4, -0.2) is 16.2 Å². The fraction of sp³-hybridized carbons (Fsp3) is 0.126. The van der Waals surface area contributed by atoms with Gasteiger partial charge in [-0.25, -0.2) is 4.98 Å². The smallest absolute Gasteiger partial charge is 0.137 e. The standard InChI is InChI=1S/C95H80N4/c1-91(2,3)76-58-59-96-90(66-76)99-86-57-55-77(92(4,68-34-15-7-16-35-68)69-36-17-8-18-37-69)64-85(86)84-56-54-79(65-89(84)99)95(74-46-27-13-28-47-74,75-48-29-14-30-49-75)78-50-33-51-82(61-78)97-67-98(88-53-32-31-52-87(88)97)83-62-80(93(5,70-38-19-9-20-39-70)71-40-21-10-22-41-71)60-81(63-83)94(6,72-42-23-11-24-43-72)73-44-25-12-26-45-73/h7-66H,67H2,1-6H3. The first-order chi connectivity index (χ1) is 48.4. The summed E-state index contributed by atoms with van der Waals surface area (Å²) >= 11 is 0. The van der Waals surface area contributed by atoms with Crippen LogP contribution in [0.1, 0.15) is 119 Å². The Hall–Kier alpha value is -11.6. The Labute approximate surface area is 583 Å². The Morgan fingerprint density at radius 3 is 1.07 bits per heavy atom. The Morgan fingerprint density at radius 2 is 0.626 bits per heavy atom. The summed E-state index contributed by atoms with van der Waals surface area (Å²) in [7, 11) is 0. The van der Waals surface area contributed by atoms with Crippen LogP contribution >= 0.6 is 0 Å². The predicted octanol–water partition coefficient (Wildman–Crippen LogP) is 23.2. The third-order valence-corrected chi connectivity index (χ3v) is 21.9. The van der Waals surface area contributed by atoms with Gasteiger partial charge in [0.05, 0.1) is 27.8 Å². The molecule has 480 valence electrons. The molecule has 3 heterocycles. The maximum atomic E-state index is 5.27. The lowest BCUT2D eigenvalue weighted by Gasteiger charge is -2.38. The van der Waals surface area contributed by atoms with E-state index in [4.69, 9.17) is 4.98 Å². The van der Waals surface area contributed by atoms with Gasteiger partial charge in [0.2, 0.25) is 0 Å². The van der Waals surface area contributed by atoms with Crippen LogP contribution < -0.4 is 9.80 Å². The fourth-order valence-corrected chi connectivity index (χ4v) is 16.2. The molecular formula is C95H80N4. The first-order valence-electron chi connectivity index (χ1n) is 34.8. The monoisotopic (exact) mass is 1280 g/mol. The molecule has 1 aliphatic heterocycles. The van der Waals surface area contributed by atoms with Crippen LogP contribution in [0.4, 0.5) is 22.7 Å². The van der Waals surface area contributed by atoms with Crippen molar-refractivity contribution in [3.05, 3.63) is 442 Å². The molecule has 15 aromatic rings. The second kappa shape index (κ2) is 25.1. The third kappa shape index (κ3) is 10.6. The highest BCUT2D eigenvalue weighted by molar-refractivity contribution is 6.10. The van der Waals surface area contributed by atoms with E-state index in [1.165, 1.54) is 72.1 Å². The summed E-state index contributed by atoms with van der Waals surface area (Å²) in [6.07, 6.45) is 1.99. The highest BCUT2D eigenvalue weighted by atomic mass is 15.4. The van der Waals surface area contributed by atoms with Gasteiger partial charge in [-0.15, -0.1) is 0 Å². The Morgan fingerprint density at radius 1 is 0.253 bits per heavy atom. The quantitative estimate of drug-likeness (QED) is 0.0901. The van der Waals surface area contributed by atoms with Crippen molar-refractivity contribution < 1.29 is 0 Å². The number of fused-ring (bicyclic) bond motifs is 4. The molecule has 0 atom stereocenters. The van der Waals surface area contributed by atoms with E-state index in [1.807, 2.05) is 6.20 Å². The van der Waals surface area contributed by atoms with Crippen molar-refractivity contribution in [2.24, 2.45) is 0 Å². The summed E-state index contributed by atoms with van der Waals surface area (Å²) in [5.41, 5.74) is 21.1. The SMILES string of the molecule is CC(C)(C)c1ccnc(-n2c3ccc(C(C)(c4ccccc4)c4ccccc4)cc3c3ccc(C(c4ccccc4)(c4ccccc4)c4cccc(N5CN(c6cc(C(C)(c7ccccc7)c7ccccc7)cc(C(C)(c7ccccc7)c7ccccc7)c6)c6ccccc65)c4)cc32)c1. The molecule has 0 saturated heterocycles. The summed E-state index contributed by atoms with van der Waals surface area (Å²) in [5, 5.41) is 2.33. The highest BCUT2D eigenvalue weighted by Gasteiger charge is 2.42. The number of pyridine rings is 1. The highest BCUT2D eigenvalue weighted by Crippen LogP contribution is 2.53. The van der Waals surface area contributed by atoms with Crippen LogP contribution in [0.5, 0.6) is 0 Å². The average Bonchev–Trinajstić information content (AvgIpc) is 1.67. The summed E-state index contributed by atoms with van der Waals surface area (Å²) in [5.74, 6) is 0.887. The van der Waals surface area contributed by atoms with Crippen molar-refractivity contribution in [2.45, 2.75) is 68.6 Å². The van der Waals surface area contributed by atoms with Crippen LogP contribution in [0.15, 0.2) is 364 Å². The molecule has 13 aromatic carbocycles. The van der Waals surface area contributed by atoms with Crippen molar-refractivity contribution in [1.82, 2.24) is 9.55 Å². The average molecular weight is 1280 g/mol. The van der Waals surface area contributed by atoms with Crippen molar-refractivity contribution in [3.63, 3.8) is 0 Å². The number of benzene rings is 13. The van der Waals surface area contributed by atoms with Gasteiger partial charge >= 0.3 is 0 Å².